The van der Waals surface area contributed by atoms with E-state index in [0.717, 1.165) is 19.3 Å². The molecule has 1 atom stereocenters. The molecule has 110 valence electrons. The van der Waals surface area contributed by atoms with Crippen LogP contribution in [0.3, 0.4) is 0 Å². The second-order valence-corrected chi connectivity index (χ2v) is 6.10. The highest BCUT2D eigenvalue weighted by Gasteiger charge is 2.33. The fraction of sp³-hybridized carbons (Fsp3) is 0.562. The van der Waals surface area contributed by atoms with Gasteiger partial charge in [-0.15, -0.1) is 12.4 Å². The van der Waals surface area contributed by atoms with Gasteiger partial charge in [-0.2, -0.15) is 0 Å². The van der Waals surface area contributed by atoms with Crippen LogP contribution >= 0.6 is 12.4 Å². The molecule has 1 amide bonds. The monoisotopic (exact) mass is 294 g/mol. The van der Waals surface area contributed by atoms with E-state index in [-0.39, 0.29) is 29.8 Å². The van der Waals surface area contributed by atoms with Crippen molar-refractivity contribution in [3.63, 3.8) is 0 Å². The molecule has 3 N–H and O–H groups in total. The van der Waals surface area contributed by atoms with Crippen LogP contribution in [0.4, 0.5) is 0 Å². The molecule has 1 unspecified atom stereocenters. The fourth-order valence-corrected chi connectivity index (χ4v) is 3.31. The summed E-state index contributed by atoms with van der Waals surface area (Å²) in [5.74, 6) is 0.192. The fourth-order valence-electron chi connectivity index (χ4n) is 3.31. The summed E-state index contributed by atoms with van der Waals surface area (Å²) in [6, 6.07) is 8.19. The zero-order valence-corrected chi connectivity index (χ0v) is 12.5. The van der Waals surface area contributed by atoms with Crippen molar-refractivity contribution >= 4 is 18.3 Å². The lowest BCUT2D eigenvalue weighted by Gasteiger charge is -2.35. The summed E-state index contributed by atoms with van der Waals surface area (Å²) in [6.45, 7) is 0.629. The van der Waals surface area contributed by atoms with Crippen LogP contribution in [0.25, 0.3) is 0 Å². The van der Waals surface area contributed by atoms with Crippen LogP contribution in [-0.4, -0.2) is 18.0 Å². The van der Waals surface area contributed by atoms with Crippen LogP contribution in [0, 0.1) is 0 Å². The van der Waals surface area contributed by atoms with Crippen molar-refractivity contribution in [1.82, 2.24) is 5.32 Å². The van der Waals surface area contributed by atoms with Gasteiger partial charge < -0.3 is 11.1 Å². The lowest BCUT2D eigenvalue weighted by Crippen LogP contribution is -2.52. The highest BCUT2D eigenvalue weighted by Crippen LogP contribution is 2.35. The standard InChI is InChI=1S/C16H22N2O.ClH/c17-16(8-4-1-5-9-16)11-18-15(19)14-10-12-6-2-3-7-13(12)14;/h2-3,6-7,14H,1,4-5,8-11,17H2,(H,18,19);1H. The molecule has 0 heterocycles. The van der Waals surface area contributed by atoms with E-state index in [0.29, 0.717) is 6.54 Å². The lowest BCUT2D eigenvalue weighted by molar-refractivity contribution is -0.123. The number of hydrogen-bond donors (Lipinski definition) is 2. The van der Waals surface area contributed by atoms with Crippen LogP contribution in [-0.2, 0) is 11.2 Å². The number of nitrogens with one attached hydrogen (secondary N) is 1. The summed E-state index contributed by atoms with van der Waals surface area (Å²) >= 11 is 0. The Kier molecular flexibility index (Phi) is 4.71. The van der Waals surface area contributed by atoms with Crippen molar-refractivity contribution in [2.24, 2.45) is 5.73 Å². The molecule has 0 spiro atoms. The first-order chi connectivity index (χ1) is 9.18. The molecule has 1 aromatic rings. The van der Waals surface area contributed by atoms with Crippen molar-refractivity contribution in [3.8, 4) is 0 Å². The summed E-state index contributed by atoms with van der Waals surface area (Å²) in [5, 5.41) is 3.07. The van der Waals surface area contributed by atoms with Gasteiger partial charge >= 0.3 is 0 Å². The van der Waals surface area contributed by atoms with Gasteiger partial charge in [-0.05, 0) is 30.4 Å². The number of rotatable bonds is 3. The third kappa shape index (κ3) is 2.99. The van der Waals surface area contributed by atoms with Crippen molar-refractivity contribution in [2.75, 3.05) is 6.54 Å². The molecule has 1 saturated carbocycles. The molecular formula is C16H23ClN2O. The summed E-state index contributed by atoms with van der Waals surface area (Å²) in [5.41, 5.74) is 8.68. The third-order valence-corrected chi connectivity index (χ3v) is 4.64. The lowest BCUT2D eigenvalue weighted by atomic mass is 9.76. The molecule has 20 heavy (non-hydrogen) atoms. The van der Waals surface area contributed by atoms with Crippen molar-refractivity contribution < 1.29 is 4.79 Å². The number of hydrogen-bond acceptors (Lipinski definition) is 2. The van der Waals surface area contributed by atoms with Gasteiger partial charge in [0.1, 0.15) is 0 Å². The largest absolute Gasteiger partial charge is 0.354 e. The van der Waals surface area contributed by atoms with E-state index in [9.17, 15) is 4.79 Å². The molecule has 1 aromatic carbocycles. The van der Waals surface area contributed by atoms with E-state index in [1.54, 1.807) is 0 Å². The van der Waals surface area contributed by atoms with Crippen LogP contribution in [0.5, 0.6) is 0 Å². The molecule has 3 rings (SSSR count). The van der Waals surface area contributed by atoms with Crippen LogP contribution < -0.4 is 11.1 Å². The molecule has 0 radical (unpaired) electrons. The number of carbonyl (C=O) groups excluding carboxylic acids is 1. The third-order valence-electron chi connectivity index (χ3n) is 4.64. The second kappa shape index (κ2) is 6.15. The number of fused-ring (bicyclic) bond motifs is 1. The molecule has 0 aromatic heterocycles. The Morgan fingerprint density at radius 3 is 2.65 bits per heavy atom. The molecule has 0 bridgehead atoms. The van der Waals surface area contributed by atoms with Gasteiger partial charge in [0, 0.05) is 12.1 Å². The number of halogens is 1. The number of carbonyl (C=O) groups is 1. The maximum atomic E-state index is 12.2. The molecular weight excluding hydrogens is 272 g/mol. The molecule has 0 aliphatic heterocycles. The number of amides is 1. The summed E-state index contributed by atoms with van der Waals surface area (Å²) in [4.78, 5) is 12.2. The second-order valence-electron chi connectivity index (χ2n) is 6.10. The van der Waals surface area contributed by atoms with Gasteiger partial charge in [0.05, 0.1) is 5.92 Å². The minimum absolute atomic E-state index is 0. The van der Waals surface area contributed by atoms with E-state index in [1.807, 2.05) is 12.1 Å². The first-order valence-corrected chi connectivity index (χ1v) is 7.32. The Morgan fingerprint density at radius 1 is 1.25 bits per heavy atom. The first kappa shape index (κ1) is 15.3. The quantitative estimate of drug-likeness (QED) is 0.900. The molecule has 2 aliphatic carbocycles. The Hall–Kier alpha value is -1.06. The van der Waals surface area contributed by atoms with Gasteiger partial charge in [0.15, 0.2) is 0 Å². The predicted molar refractivity (Wildman–Crippen MR) is 83.1 cm³/mol. The summed E-state index contributed by atoms with van der Waals surface area (Å²) in [7, 11) is 0. The minimum atomic E-state index is -0.169. The molecule has 1 fully saturated rings. The normalized spacial score (nSPS) is 22.9. The number of nitrogens with two attached hydrogens (primary N) is 1. The average Bonchev–Trinajstić information content (AvgIpc) is 2.39. The Bertz CT molecular complexity index is 483. The van der Waals surface area contributed by atoms with E-state index < -0.39 is 0 Å². The van der Waals surface area contributed by atoms with Crippen molar-refractivity contribution in [3.05, 3.63) is 35.4 Å². The molecule has 0 saturated heterocycles. The summed E-state index contributed by atoms with van der Waals surface area (Å²) < 4.78 is 0. The van der Waals surface area contributed by atoms with Crippen LogP contribution in [0.1, 0.15) is 49.1 Å². The van der Waals surface area contributed by atoms with Gasteiger partial charge in [-0.25, -0.2) is 0 Å². The van der Waals surface area contributed by atoms with Crippen molar-refractivity contribution in [2.45, 2.75) is 50.0 Å². The average molecular weight is 295 g/mol. The Morgan fingerprint density at radius 2 is 1.95 bits per heavy atom. The van der Waals surface area contributed by atoms with Crippen molar-refractivity contribution in [1.29, 1.82) is 0 Å². The van der Waals surface area contributed by atoms with Gasteiger partial charge in [-0.3, -0.25) is 4.79 Å². The summed E-state index contributed by atoms with van der Waals surface area (Å²) in [6.07, 6.45) is 6.61. The Balaban J connectivity index is 0.00000147. The molecule has 3 nitrogen and oxygen atoms in total. The highest BCUT2D eigenvalue weighted by atomic mass is 35.5. The first-order valence-electron chi connectivity index (χ1n) is 7.32. The predicted octanol–water partition coefficient (Wildman–Crippen LogP) is 2.53. The van der Waals surface area contributed by atoms with Gasteiger partial charge in [0.2, 0.25) is 5.91 Å². The van der Waals surface area contributed by atoms with E-state index in [4.69, 9.17) is 5.73 Å². The Labute approximate surface area is 126 Å². The molecule has 2 aliphatic rings. The minimum Gasteiger partial charge on any atom is -0.354 e. The van der Waals surface area contributed by atoms with Crippen LogP contribution in [0.2, 0.25) is 0 Å². The zero-order chi connectivity index (χ0) is 13.3. The van der Waals surface area contributed by atoms with Crippen LogP contribution in [0.15, 0.2) is 24.3 Å². The maximum absolute atomic E-state index is 12.2. The number of benzene rings is 1. The SMILES string of the molecule is Cl.NC1(CNC(=O)C2Cc3ccccc32)CCCCC1. The topological polar surface area (TPSA) is 55.1 Å². The van der Waals surface area contributed by atoms with E-state index in [1.165, 1.54) is 30.4 Å². The van der Waals surface area contributed by atoms with Gasteiger partial charge in [0.25, 0.3) is 0 Å². The highest BCUT2D eigenvalue weighted by molar-refractivity contribution is 5.86. The van der Waals surface area contributed by atoms with Gasteiger partial charge in [-0.1, -0.05) is 43.5 Å². The zero-order valence-electron chi connectivity index (χ0n) is 11.7. The maximum Gasteiger partial charge on any atom is 0.227 e. The van der Waals surface area contributed by atoms with E-state index >= 15 is 0 Å². The molecule has 4 heteroatoms. The van der Waals surface area contributed by atoms with E-state index in [2.05, 4.69) is 17.4 Å². The smallest absolute Gasteiger partial charge is 0.227 e.